The Morgan fingerprint density at radius 1 is 0.471 bits per heavy atom. The topological polar surface area (TPSA) is 57.0 Å². The fraction of sp³-hybridized carbons (Fsp3) is 0.571. The van der Waals surface area contributed by atoms with E-state index in [1.54, 1.807) is 36.7 Å². The quantitative estimate of drug-likeness (QED) is 0.0266. The van der Waals surface area contributed by atoms with E-state index < -0.39 is 14.8 Å². The molecular weight excluding hydrogens is 918 g/mol. The molecule has 378 valence electrons. The van der Waals surface area contributed by atoms with E-state index in [1.165, 1.54) is 113 Å². The van der Waals surface area contributed by atoms with Crippen molar-refractivity contribution in [2.75, 3.05) is 0 Å². The fourth-order valence-corrected chi connectivity index (χ4v) is 11.9. The van der Waals surface area contributed by atoms with Crippen molar-refractivity contribution in [3.05, 3.63) is 104 Å². The molecule has 0 aromatic carbocycles. The summed E-state index contributed by atoms with van der Waals surface area (Å²) >= 11 is 2.57. The Balaban J connectivity index is 1.46. The maximum atomic E-state index is 16.2. The van der Waals surface area contributed by atoms with Crippen LogP contribution in [0.5, 0.6) is 0 Å². The molecular formula is C56H78B2F4N6S2. The number of amidine groups is 2. The molecule has 2 unspecified atom stereocenters. The molecule has 70 heavy (non-hydrogen) atoms. The molecule has 2 atom stereocenters. The highest BCUT2D eigenvalue weighted by atomic mass is 32.1. The van der Waals surface area contributed by atoms with Crippen LogP contribution in [-0.4, -0.2) is 46.1 Å². The zero-order valence-corrected chi connectivity index (χ0v) is 44.3. The third kappa shape index (κ3) is 15.5. The van der Waals surface area contributed by atoms with Crippen molar-refractivity contribution in [3.8, 4) is 0 Å². The maximum absolute atomic E-state index is 16.2. The highest BCUT2D eigenvalue weighted by Gasteiger charge is 2.54. The normalized spacial score (nSPS) is 15.8. The average molecular weight is 997 g/mol. The third-order valence-electron chi connectivity index (χ3n) is 14.0. The molecule has 0 N–H and O–H groups in total. The van der Waals surface area contributed by atoms with Crippen LogP contribution in [0.2, 0.25) is 0 Å². The van der Waals surface area contributed by atoms with E-state index in [2.05, 4.69) is 27.7 Å². The lowest BCUT2D eigenvalue weighted by molar-refractivity contribution is 0.402. The number of pyridine rings is 2. The van der Waals surface area contributed by atoms with Gasteiger partial charge in [-0.3, -0.25) is 17.3 Å². The Bertz CT molecular complexity index is 2110. The van der Waals surface area contributed by atoms with Gasteiger partial charge in [-0.05, 0) is 70.8 Å². The molecule has 0 amide bonds. The number of rotatable bonds is 34. The molecule has 6 rings (SSSR count). The monoisotopic (exact) mass is 997 g/mol. The van der Waals surface area contributed by atoms with Gasteiger partial charge in [-0.1, -0.05) is 206 Å². The van der Waals surface area contributed by atoms with Crippen molar-refractivity contribution in [3.63, 3.8) is 0 Å². The molecule has 0 aliphatic carbocycles. The number of aliphatic imine (C=N–C) groups is 2. The maximum Gasteiger partial charge on any atom is 0.679 e. The van der Waals surface area contributed by atoms with Gasteiger partial charge in [0.05, 0.1) is 32.3 Å². The summed E-state index contributed by atoms with van der Waals surface area (Å²) in [7, 11) is -6.11. The SMILES string of the molecule is CCCCCCCCC(CCCCCC)Cc1cccnc1/N=C1/C2=C(c3cccs3)N(B(F)F)/C(=N\c3ncccc3CC(CCCCCC)CCCCCCCC)C2=C(c2cccs2)N1B(F)F. The van der Waals surface area contributed by atoms with Gasteiger partial charge in [-0.2, -0.15) is 0 Å². The van der Waals surface area contributed by atoms with Crippen LogP contribution >= 0.6 is 22.7 Å². The van der Waals surface area contributed by atoms with Crippen molar-refractivity contribution in [1.82, 2.24) is 19.6 Å². The summed E-state index contributed by atoms with van der Waals surface area (Å²) in [6.07, 6.45) is 33.0. The number of aromatic nitrogens is 2. The first-order valence-corrected chi connectivity index (χ1v) is 28.8. The molecule has 0 saturated carbocycles. The molecule has 6 heterocycles. The summed E-state index contributed by atoms with van der Waals surface area (Å²) in [6, 6.07) is 14.9. The Labute approximate surface area is 427 Å². The van der Waals surface area contributed by atoms with Crippen molar-refractivity contribution in [1.29, 1.82) is 0 Å². The van der Waals surface area contributed by atoms with Crippen molar-refractivity contribution < 1.29 is 17.3 Å². The van der Waals surface area contributed by atoms with Crippen molar-refractivity contribution in [2.24, 2.45) is 21.8 Å². The first-order valence-electron chi connectivity index (χ1n) is 27.1. The van der Waals surface area contributed by atoms with E-state index in [0.717, 1.165) is 85.0 Å². The third-order valence-corrected chi connectivity index (χ3v) is 15.8. The van der Waals surface area contributed by atoms with Crippen molar-refractivity contribution >= 4 is 72.2 Å². The lowest BCUT2D eigenvalue weighted by Crippen LogP contribution is -2.38. The van der Waals surface area contributed by atoms with Gasteiger partial charge < -0.3 is 9.62 Å². The predicted molar refractivity (Wildman–Crippen MR) is 293 cm³/mol. The molecule has 4 aromatic heterocycles. The van der Waals surface area contributed by atoms with E-state index in [-0.39, 0.29) is 34.2 Å². The molecule has 0 saturated heterocycles. The summed E-state index contributed by atoms with van der Waals surface area (Å²) in [5, 5.41) is 3.65. The minimum Gasteiger partial charge on any atom is -0.308 e. The van der Waals surface area contributed by atoms with Gasteiger partial charge in [0.1, 0.15) is 11.7 Å². The van der Waals surface area contributed by atoms with E-state index in [4.69, 9.17) is 20.0 Å². The molecule has 0 fully saturated rings. The van der Waals surface area contributed by atoms with Crippen LogP contribution in [0.4, 0.5) is 28.9 Å². The van der Waals surface area contributed by atoms with E-state index >= 15 is 17.3 Å². The highest BCUT2D eigenvalue weighted by molar-refractivity contribution is 7.11. The molecule has 4 aromatic rings. The number of nitrogens with zero attached hydrogens (tertiary/aromatic N) is 6. The van der Waals surface area contributed by atoms with Gasteiger partial charge in [0.15, 0.2) is 11.6 Å². The average Bonchev–Trinajstić information content (AvgIpc) is 4.19. The Morgan fingerprint density at radius 2 is 0.814 bits per heavy atom. The Morgan fingerprint density at radius 3 is 1.14 bits per heavy atom. The van der Waals surface area contributed by atoms with Crippen LogP contribution in [0.25, 0.3) is 11.4 Å². The van der Waals surface area contributed by atoms with Crippen LogP contribution in [0.3, 0.4) is 0 Å². The summed E-state index contributed by atoms with van der Waals surface area (Å²) < 4.78 is 64.8. The van der Waals surface area contributed by atoms with Crippen LogP contribution in [-0.2, 0) is 12.8 Å². The Kier molecular flexibility index (Phi) is 23.8. The summed E-state index contributed by atoms with van der Waals surface area (Å²) in [4.78, 5) is 22.7. The largest absolute Gasteiger partial charge is 0.679 e. The summed E-state index contributed by atoms with van der Waals surface area (Å²) in [5.74, 6) is 1.24. The van der Waals surface area contributed by atoms with Gasteiger partial charge >= 0.3 is 14.8 Å². The number of hydrogen-bond acceptors (Lipinski definition) is 6. The first kappa shape index (κ1) is 55.3. The van der Waals surface area contributed by atoms with E-state index in [0.29, 0.717) is 46.1 Å². The van der Waals surface area contributed by atoms with Gasteiger partial charge in [0.25, 0.3) is 0 Å². The molecule has 2 aliphatic heterocycles. The molecule has 2 aliphatic rings. The molecule has 6 nitrogen and oxygen atoms in total. The fourth-order valence-electron chi connectivity index (χ4n) is 10.3. The lowest BCUT2D eigenvalue weighted by Gasteiger charge is -2.25. The van der Waals surface area contributed by atoms with Crippen LogP contribution in [0, 0.1) is 11.8 Å². The van der Waals surface area contributed by atoms with Gasteiger partial charge in [0.2, 0.25) is 0 Å². The van der Waals surface area contributed by atoms with Crippen LogP contribution < -0.4 is 0 Å². The molecule has 0 spiro atoms. The predicted octanol–water partition coefficient (Wildman–Crippen LogP) is 18.4. The molecule has 14 heteroatoms. The second kappa shape index (κ2) is 30.1. The summed E-state index contributed by atoms with van der Waals surface area (Å²) in [6.45, 7) is 8.93. The van der Waals surface area contributed by atoms with E-state index in [9.17, 15) is 0 Å². The first-order chi connectivity index (χ1) is 34.3. The van der Waals surface area contributed by atoms with Gasteiger partial charge in [0, 0.05) is 12.4 Å². The number of fused-ring (bicyclic) bond motifs is 1. The van der Waals surface area contributed by atoms with E-state index in [1.807, 2.05) is 35.0 Å². The smallest absolute Gasteiger partial charge is 0.308 e. The number of thiophene rings is 2. The van der Waals surface area contributed by atoms with Crippen LogP contribution in [0.15, 0.2) is 92.8 Å². The Hall–Kier alpha value is -4.03. The number of unbranched alkanes of at least 4 members (excludes halogenated alkanes) is 16. The zero-order valence-electron chi connectivity index (χ0n) is 42.6. The van der Waals surface area contributed by atoms with Crippen LogP contribution in [0.1, 0.15) is 203 Å². The van der Waals surface area contributed by atoms with Crippen molar-refractivity contribution in [2.45, 2.75) is 195 Å². The lowest BCUT2D eigenvalue weighted by atomic mass is 9.89. The zero-order chi connectivity index (χ0) is 49.5. The molecule has 0 radical (unpaired) electrons. The minimum atomic E-state index is -3.06. The number of hydrogen-bond donors (Lipinski definition) is 0. The van der Waals surface area contributed by atoms with Gasteiger partial charge in [-0.15, -0.1) is 22.7 Å². The molecule has 0 bridgehead atoms. The minimum absolute atomic E-state index is 0.102. The second-order valence-electron chi connectivity index (χ2n) is 19.5. The standard InChI is InChI=1S/C56H78B2F4N6S2/c1-5-9-13-17-19-23-31-43(29-21-15-11-7-3)41-45-33-25-37-63-53(45)65-55-49-50(52(67(55)57(59)60)48-36-28-40-70-48)56(68(58(61)62)51(49)47-35-27-39-69-47)66-54-46(34-26-38-64-54)42-44(30-22-16-12-8-4)32-24-20-18-14-10-6-2/h25-28,33-40,43-44H,5-24,29-32,41-42H2,1-4H3/b65-55-,66-56-. The number of halogens is 4. The van der Waals surface area contributed by atoms with Gasteiger partial charge in [-0.25, -0.2) is 20.0 Å². The highest BCUT2D eigenvalue weighted by Crippen LogP contribution is 2.51. The summed E-state index contributed by atoms with van der Waals surface area (Å²) in [5.41, 5.74) is 2.39. The second-order valence-corrected chi connectivity index (χ2v) is 21.4.